The van der Waals surface area contributed by atoms with Crippen LogP contribution in [-0.4, -0.2) is 24.6 Å². The zero-order valence-corrected chi connectivity index (χ0v) is 8.84. The summed E-state index contributed by atoms with van der Waals surface area (Å²) in [6, 6.07) is 8.99. The van der Waals surface area contributed by atoms with E-state index < -0.39 is 5.97 Å². The average Bonchev–Trinajstić information content (AvgIpc) is 2.31. The summed E-state index contributed by atoms with van der Waals surface area (Å²) < 4.78 is 4.64. The van der Waals surface area contributed by atoms with Crippen LogP contribution in [0.15, 0.2) is 35.4 Å². The number of esters is 1. The molecule has 84 valence electrons. The van der Waals surface area contributed by atoms with E-state index in [1.54, 1.807) is 19.1 Å². The SMILES string of the molecule is CCOC(=O)/C(C=O)=N\Nc1ccccc1. The van der Waals surface area contributed by atoms with Crippen LogP contribution in [0.5, 0.6) is 0 Å². The van der Waals surface area contributed by atoms with Crippen molar-refractivity contribution in [3.05, 3.63) is 30.3 Å². The number of anilines is 1. The van der Waals surface area contributed by atoms with Crippen LogP contribution in [0.3, 0.4) is 0 Å². The molecule has 0 bridgehead atoms. The minimum absolute atomic E-state index is 0.205. The Morgan fingerprint density at radius 3 is 2.69 bits per heavy atom. The molecule has 1 aromatic carbocycles. The lowest BCUT2D eigenvalue weighted by Gasteiger charge is -2.01. The van der Waals surface area contributed by atoms with Gasteiger partial charge in [0, 0.05) is 0 Å². The molecule has 0 radical (unpaired) electrons. The molecular weight excluding hydrogens is 208 g/mol. The van der Waals surface area contributed by atoms with Crippen LogP contribution in [-0.2, 0) is 14.3 Å². The molecule has 0 aliphatic carbocycles. The summed E-state index contributed by atoms with van der Waals surface area (Å²) in [4.78, 5) is 21.7. The monoisotopic (exact) mass is 220 g/mol. The molecule has 0 aliphatic rings. The second-order valence-corrected chi connectivity index (χ2v) is 2.81. The highest BCUT2D eigenvalue weighted by molar-refractivity contribution is 6.58. The maximum Gasteiger partial charge on any atom is 0.362 e. The van der Waals surface area contributed by atoms with Crippen LogP contribution in [0.1, 0.15) is 6.92 Å². The van der Waals surface area contributed by atoms with E-state index in [9.17, 15) is 9.59 Å². The van der Waals surface area contributed by atoms with Crippen molar-refractivity contribution in [3.8, 4) is 0 Å². The molecule has 0 spiro atoms. The van der Waals surface area contributed by atoms with E-state index >= 15 is 0 Å². The highest BCUT2D eigenvalue weighted by atomic mass is 16.5. The first kappa shape index (κ1) is 11.9. The third-order valence-corrected chi connectivity index (χ3v) is 1.68. The van der Waals surface area contributed by atoms with Gasteiger partial charge in [0.05, 0.1) is 12.3 Å². The number of carbonyl (C=O) groups excluding carboxylic acids is 2. The number of hydrogen-bond donors (Lipinski definition) is 1. The van der Waals surface area contributed by atoms with Gasteiger partial charge in [0.25, 0.3) is 0 Å². The van der Waals surface area contributed by atoms with Gasteiger partial charge in [0.2, 0.25) is 5.71 Å². The van der Waals surface area contributed by atoms with E-state index in [1.165, 1.54) is 0 Å². The molecular formula is C11H12N2O3. The first-order chi connectivity index (χ1) is 7.77. The maximum atomic E-state index is 11.2. The molecule has 1 aromatic rings. The fraction of sp³-hybridized carbons (Fsp3) is 0.182. The predicted molar refractivity (Wildman–Crippen MR) is 60.2 cm³/mol. The third-order valence-electron chi connectivity index (χ3n) is 1.68. The molecule has 0 heterocycles. The van der Waals surface area contributed by atoms with Crippen molar-refractivity contribution in [1.29, 1.82) is 0 Å². The molecule has 0 amide bonds. The van der Waals surface area contributed by atoms with Crippen LogP contribution in [0, 0.1) is 0 Å². The smallest absolute Gasteiger partial charge is 0.362 e. The van der Waals surface area contributed by atoms with E-state index in [-0.39, 0.29) is 12.3 Å². The predicted octanol–water partition coefficient (Wildman–Crippen LogP) is 1.22. The number of aldehydes is 1. The maximum absolute atomic E-state index is 11.2. The van der Waals surface area contributed by atoms with Crippen molar-refractivity contribution >= 4 is 23.7 Å². The summed E-state index contributed by atoms with van der Waals surface area (Å²) in [6.45, 7) is 1.86. The first-order valence-corrected chi connectivity index (χ1v) is 4.79. The minimum atomic E-state index is -0.735. The van der Waals surface area contributed by atoms with Crippen molar-refractivity contribution in [1.82, 2.24) is 0 Å². The van der Waals surface area contributed by atoms with Gasteiger partial charge >= 0.3 is 5.97 Å². The molecule has 0 aromatic heterocycles. The lowest BCUT2D eigenvalue weighted by atomic mass is 10.3. The molecule has 0 saturated carbocycles. The molecule has 0 fully saturated rings. The molecule has 1 rings (SSSR count). The lowest BCUT2D eigenvalue weighted by Crippen LogP contribution is -2.20. The van der Waals surface area contributed by atoms with Gasteiger partial charge in [-0.15, -0.1) is 0 Å². The Hall–Kier alpha value is -2.17. The second kappa shape index (κ2) is 6.34. The van der Waals surface area contributed by atoms with Gasteiger partial charge in [-0.25, -0.2) is 4.79 Å². The lowest BCUT2D eigenvalue weighted by molar-refractivity contribution is -0.135. The Kier molecular flexibility index (Phi) is 4.72. The molecule has 0 atom stereocenters. The molecule has 0 unspecified atom stereocenters. The van der Waals surface area contributed by atoms with Crippen molar-refractivity contribution < 1.29 is 14.3 Å². The van der Waals surface area contributed by atoms with Crippen LogP contribution in [0.2, 0.25) is 0 Å². The summed E-state index contributed by atoms with van der Waals surface area (Å²) in [6.07, 6.45) is 0.355. The summed E-state index contributed by atoms with van der Waals surface area (Å²) in [7, 11) is 0. The standard InChI is InChI=1S/C11H12N2O3/c1-2-16-11(15)10(8-14)13-12-9-6-4-3-5-7-9/h3-8,12H,2H2,1H3/b13-10-. The van der Waals surface area contributed by atoms with Crippen molar-refractivity contribution in [2.75, 3.05) is 12.0 Å². The Morgan fingerprint density at radius 1 is 1.44 bits per heavy atom. The van der Waals surface area contributed by atoms with E-state index in [4.69, 9.17) is 0 Å². The minimum Gasteiger partial charge on any atom is -0.461 e. The molecule has 0 aliphatic heterocycles. The second-order valence-electron chi connectivity index (χ2n) is 2.81. The first-order valence-electron chi connectivity index (χ1n) is 4.79. The molecule has 5 nitrogen and oxygen atoms in total. The molecule has 5 heteroatoms. The number of carbonyl (C=O) groups is 2. The molecule has 0 saturated heterocycles. The molecule has 1 N–H and O–H groups in total. The Morgan fingerprint density at radius 2 is 2.12 bits per heavy atom. The van der Waals surface area contributed by atoms with Gasteiger partial charge in [-0.3, -0.25) is 10.2 Å². The Balaban J connectivity index is 2.67. The number of rotatable bonds is 5. The van der Waals surface area contributed by atoms with E-state index in [1.807, 2.05) is 18.2 Å². The Labute approximate surface area is 93.1 Å². The zero-order valence-electron chi connectivity index (χ0n) is 8.84. The molecule has 16 heavy (non-hydrogen) atoms. The van der Waals surface area contributed by atoms with Crippen molar-refractivity contribution in [2.24, 2.45) is 5.10 Å². The number of benzene rings is 1. The number of nitrogens with one attached hydrogen (secondary N) is 1. The normalized spacial score (nSPS) is 10.7. The number of para-hydroxylation sites is 1. The third kappa shape index (κ3) is 3.53. The Bertz CT molecular complexity index is 387. The van der Waals surface area contributed by atoms with Gasteiger partial charge in [-0.05, 0) is 19.1 Å². The zero-order chi connectivity index (χ0) is 11.8. The summed E-state index contributed by atoms with van der Waals surface area (Å²) in [5.41, 5.74) is 2.99. The summed E-state index contributed by atoms with van der Waals surface area (Å²) >= 11 is 0. The quantitative estimate of drug-likeness (QED) is 0.266. The van der Waals surface area contributed by atoms with Crippen molar-refractivity contribution in [3.63, 3.8) is 0 Å². The van der Waals surface area contributed by atoms with E-state index in [0.717, 1.165) is 0 Å². The largest absolute Gasteiger partial charge is 0.461 e. The summed E-state index contributed by atoms with van der Waals surface area (Å²) in [5, 5.41) is 3.66. The topological polar surface area (TPSA) is 67.8 Å². The fourth-order valence-corrected chi connectivity index (χ4v) is 0.963. The van der Waals surface area contributed by atoms with Crippen LogP contribution in [0.4, 0.5) is 5.69 Å². The average molecular weight is 220 g/mol. The van der Waals surface area contributed by atoms with E-state index in [0.29, 0.717) is 12.0 Å². The van der Waals surface area contributed by atoms with E-state index in [2.05, 4.69) is 15.3 Å². The number of hydrogen-bond acceptors (Lipinski definition) is 5. The van der Waals surface area contributed by atoms with Crippen LogP contribution < -0.4 is 5.43 Å². The van der Waals surface area contributed by atoms with Gasteiger partial charge in [0.15, 0.2) is 6.29 Å². The van der Waals surface area contributed by atoms with Gasteiger partial charge in [-0.1, -0.05) is 18.2 Å². The van der Waals surface area contributed by atoms with Gasteiger partial charge in [0.1, 0.15) is 0 Å². The van der Waals surface area contributed by atoms with Gasteiger partial charge in [-0.2, -0.15) is 5.10 Å². The number of hydrazone groups is 1. The number of ether oxygens (including phenoxy) is 1. The van der Waals surface area contributed by atoms with Crippen LogP contribution in [0.25, 0.3) is 0 Å². The highest BCUT2D eigenvalue weighted by Gasteiger charge is 2.10. The fourth-order valence-electron chi connectivity index (χ4n) is 0.963. The highest BCUT2D eigenvalue weighted by Crippen LogP contribution is 2.04. The van der Waals surface area contributed by atoms with Crippen LogP contribution >= 0.6 is 0 Å². The van der Waals surface area contributed by atoms with Crippen molar-refractivity contribution in [2.45, 2.75) is 6.92 Å². The summed E-state index contributed by atoms with van der Waals surface area (Å²) in [5.74, 6) is -0.735. The number of nitrogens with zero attached hydrogens (tertiary/aromatic N) is 1. The van der Waals surface area contributed by atoms with Gasteiger partial charge < -0.3 is 4.74 Å².